The number of H-pyrrole nitrogens is 1. The van der Waals surface area contributed by atoms with Crippen molar-refractivity contribution in [2.45, 2.75) is 26.5 Å². The van der Waals surface area contributed by atoms with Crippen LogP contribution in [0.15, 0.2) is 21.5 Å². The predicted octanol–water partition coefficient (Wildman–Crippen LogP) is 0.948. The molecule has 0 spiro atoms. The van der Waals surface area contributed by atoms with Gasteiger partial charge in [0.15, 0.2) is 0 Å². The highest BCUT2D eigenvalue weighted by atomic mass is 16.5. The van der Waals surface area contributed by atoms with Crippen molar-refractivity contribution in [1.29, 1.82) is 0 Å². The molecule has 2 aromatic heterocycles. The molecule has 1 fully saturated rings. The molecule has 112 valence electrons. The molecule has 1 atom stereocenters. The van der Waals surface area contributed by atoms with Crippen molar-refractivity contribution in [2.24, 2.45) is 0 Å². The van der Waals surface area contributed by atoms with Gasteiger partial charge in [0.1, 0.15) is 17.7 Å². The SMILES string of the molecule is Cc1nc([C@@H]2CN(Cc3cc(C)on3)CCO2)cc(=O)[nH]1. The van der Waals surface area contributed by atoms with Gasteiger partial charge in [-0.25, -0.2) is 4.98 Å². The molecule has 7 heteroatoms. The first-order valence-corrected chi connectivity index (χ1v) is 6.94. The highest BCUT2D eigenvalue weighted by molar-refractivity contribution is 5.08. The number of nitrogens with one attached hydrogen (secondary N) is 1. The molecule has 7 nitrogen and oxygen atoms in total. The lowest BCUT2D eigenvalue weighted by Crippen LogP contribution is -2.38. The van der Waals surface area contributed by atoms with Crippen molar-refractivity contribution in [3.8, 4) is 0 Å². The minimum absolute atomic E-state index is 0.148. The number of aryl methyl sites for hydroxylation is 2. The summed E-state index contributed by atoms with van der Waals surface area (Å²) in [6.07, 6.45) is -0.187. The van der Waals surface area contributed by atoms with E-state index in [4.69, 9.17) is 9.26 Å². The van der Waals surface area contributed by atoms with E-state index in [2.05, 4.69) is 20.0 Å². The molecule has 21 heavy (non-hydrogen) atoms. The average Bonchev–Trinajstić information content (AvgIpc) is 2.83. The first-order valence-electron chi connectivity index (χ1n) is 6.94. The van der Waals surface area contributed by atoms with Gasteiger partial charge in [-0.15, -0.1) is 0 Å². The van der Waals surface area contributed by atoms with Crippen LogP contribution in [-0.2, 0) is 11.3 Å². The summed E-state index contributed by atoms with van der Waals surface area (Å²) >= 11 is 0. The van der Waals surface area contributed by atoms with Crippen molar-refractivity contribution in [2.75, 3.05) is 19.7 Å². The Hall–Kier alpha value is -1.99. The van der Waals surface area contributed by atoms with Crippen LogP contribution in [0.1, 0.15) is 29.1 Å². The van der Waals surface area contributed by atoms with E-state index >= 15 is 0 Å². The Balaban J connectivity index is 1.71. The maximum absolute atomic E-state index is 11.5. The number of aromatic amines is 1. The fraction of sp³-hybridized carbons (Fsp3) is 0.500. The van der Waals surface area contributed by atoms with Gasteiger partial charge < -0.3 is 14.2 Å². The van der Waals surface area contributed by atoms with Gasteiger partial charge in [0, 0.05) is 31.8 Å². The first kappa shape index (κ1) is 14.0. The molecule has 1 saturated heterocycles. The summed E-state index contributed by atoms with van der Waals surface area (Å²) < 4.78 is 10.8. The largest absolute Gasteiger partial charge is 0.369 e. The molecule has 0 saturated carbocycles. The molecule has 2 aromatic rings. The fourth-order valence-electron chi connectivity index (χ4n) is 2.51. The van der Waals surface area contributed by atoms with Crippen LogP contribution in [0.4, 0.5) is 0 Å². The van der Waals surface area contributed by atoms with Gasteiger partial charge in [-0.05, 0) is 13.8 Å². The zero-order valence-electron chi connectivity index (χ0n) is 12.1. The Bertz CT molecular complexity index is 679. The van der Waals surface area contributed by atoms with Crippen LogP contribution in [0.3, 0.4) is 0 Å². The first-order chi connectivity index (χ1) is 10.1. The molecule has 0 aromatic carbocycles. The lowest BCUT2D eigenvalue weighted by molar-refractivity contribution is -0.0357. The van der Waals surface area contributed by atoms with E-state index in [0.29, 0.717) is 31.2 Å². The fourth-order valence-corrected chi connectivity index (χ4v) is 2.51. The summed E-state index contributed by atoms with van der Waals surface area (Å²) in [6.45, 7) is 6.46. The Morgan fingerprint density at radius 2 is 2.29 bits per heavy atom. The zero-order valence-corrected chi connectivity index (χ0v) is 12.1. The summed E-state index contributed by atoms with van der Waals surface area (Å²) in [6, 6.07) is 3.43. The van der Waals surface area contributed by atoms with Crippen LogP contribution in [-0.4, -0.2) is 39.7 Å². The van der Waals surface area contributed by atoms with E-state index in [1.807, 2.05) is 13.0 Å². The van der Waals surface area contributed by atoms with E-state index in [0.717, 1.165) is 18.0 Å². The normalized spacial score (nSPS) is 19.8. The smallest absolute Gasteiger partial charge is 0.251 e. The minimum atomic E-state index is -0.187. The maximum Gasteiger partial charge on any atom is 0.251 e. The van der Waals surface area contributed by atoms with Crippen molar-refractivity contribution in [3.05, 3.63) is 45.5 Å². The number of hydrogen-bond acceptors (Lipinski definition) is 6. The average molecular weight is 290 g/mol. The maximum atomic E-state index is 11.5. The lowest BCUT2D eigenvalue weighted by Gasteiger charge is -2.31. The van der Waals surface area contributed by atoms with E-state index in [1.54, 1.807) is 6.92 Å². The Labute approximate surface area is 121 Å². The zero-order chi connectivity index (χ0) is 14.8. The summed E-state index contributed by atoms with van der Waals surface area (Å²) in [5.74, 6) is 1.41. The Morgan fingerprint density at radius 1 is 1.43 bits per heavy atom. The molecule has 0 aliphatic carbocycles. The quantitative estimate of drug-likeness (QED) is 0.906. The number of hydrogen-bond donors (Lipinski definition) is 1. The highest BCUT2D eigenvalue weighted by Crippen LogP contribution is 2.21. The van der Waals surface area contributed by atoms with Crippen molar-refractivity contribution in [3.63, 3.8) is 0 Å². The molecule has 0 amide bonds. The molecular formula is C14H18N4O3. The number of aromatic nitrogens is 3. The van der Waals surface area contributed by atoms with Crippen LogP contribution in [0.25, 0.3) is 0 Å². The third-order valence-electron chi connectivity index (χ3n) is 3.42. The van der Waals surface area contributed by atoms with Gasteiger partial charge in [-0.1, -0.05) is 5.16 Å². The summed E-state index contributed by atoms with van der Waals surface area (Å²) in [5.41, 5.74) is 1.44. The van der Waals surface area contributed by atoms with E-state index in [9.17, 15) is 4.79 Å². The van der Waals surface area contributed by atoms with Crippen LogP contribution < -0.4 is 5.56 Å². The molecule has 1 aliphatic heterocycles. The van der Waals surface area contributed by atoms with Gasteiger partial charge >= 0.3 is 0 Å². The van der Waals surface area contributed by atoms with Crippen LogP contribution >= 0.6 is 0 Å². The van der Waals surface area contributed by atoms with Crippen molar-refractivity contribution >= 4 is 0 Å². The molecule has 1 N–H and O–H groups in total. The van der Waals surface area contributed by atoms with Crippen LogP contribution in [0, 0.1) is 13.8 Å². The molecule has 1 aliphatic rings. The Morgan fingerprint density at radius 3 is 3.00 bits per heavy atom. The monoisotopic (exact) mass is 290 g/mol. The molecule has 3 rings (SSSR count). The molecule has 0 unspecified atom stereocenters. The summed E-state index contributed by atoms with van der Waals surface area (Å²) in [7, 11) is 0. The third-order valence-corrected chi connectivity index (χ3v) is 3.42. The number of rotatable bonds is 3. The van der Waals surface area contributed by atoms with E-state index in [1.165, 1.54) is 6.07 Å². The van der Waals surface area contributed by atoms with Gasteiger partial charge in [0.2, 0.25) is 0 Å². The van der Waals surface area contributed by atoms with Crippen molar-refractivity contribution < 1.29 is 9.26 Å². The molecule has 0 radical (unpaired) electrons. The van der Waals surface area contributed by atoms with Gasteiger partial charge in [-0.2, -0.15) is 0 Å². The molecule has 3 heterocycles. The van der Waals surface area contributed by atoms with Gasteiger partial charge in [0.25, 0.3) is 5.56 Å². The van der Waals surface area contributed by atoms with E-state index in [-0.39, 0.29) is 11.7 Å². The number of morpholine rings is 1. The number of ether oxygens (including phenoxy) is 1. The second-order valence-corrected chi connectivity index (χ2v) is 5.28. The lowest BCUT2D eigenvalue weighted by atomic mass is 10.2. The highest BCUT2D eigenvalue weighted by Gasteiger charge is 2.24. The van der Waals surface area contributed by atoms with Crippen LogP contribution in [0.2, 0.25) is 0 Å². The van der Waals surface area contributed by atoms with Gasteiger partial charge in [0.05, 0.1) is 18.0 Å². The minimum Gasteiger partial charge on any atom is -0.369 e. The standard InChI is InChI=1S/C14H18N4O3/c1-9-5-11(17-21-9)7-18-3-4-20-13(8-18)12-6-14(19)16-10(2)15-12/h5-6,13H,3-4,7-8H2,1-2H3,(H,15,16,19)/t13-/m0/s1. The predicted molar refractivity (Wildman–Crippen MR) is 74.8 cm³/mol. The topological polar surface area (TPSA) is 84.2 Å². The second kappa shape index (κ2) is 5.79. The van der Waals surface area contributed by atoms with Crippen molar-refractivity contribution in [1.82, 2.24) is 20.0 Å². The van der Waals surface area contributed by atoms with Crippen LogP contribution in [0.5, 0.6) is 0 Å². The third kappa shape index (κ3) is 3.37. The van der Waals surface area contributed by atoms with Gasteiger partial charge in [-0.3, -0.25) is 9.69 Å². The summed E-state index contributed by atoms with van der Waals surface area (Å²) in [5, 5.41) is 4.01. The summed E-state index contributed by atoms with van der Waals surface area (Å²) in [4.78, 5) is 20.8. The number of nitrogens with zero attached hydrogens (tertiary/aromatic N) is 3. The van der Waals surface area contributed by atoms with E-state index < -0.39 is 0 Å². The molecular weight excluding hydrogens is 272 g/mol. The Kier molecular flexibility index (Phi) is 3.85. The molecule has 0 bridgehead atoms. The second-order valence-electron chi connectivity index (χ2n) is 5.28.